The van der Waals surface area contributed by atoms with Crippen molar-refractivity contribution in [2.24, 2.45) is 5.41 Å². The van der Waals surface area contributed by atoms with Gasteiger partial charge < -0.3 is 15.2 Å². The number of methoxy groups -OCH3 is 1. The van der Waals surface area contributed by atoms with Crippen molar-refractivity contribution in [2.75, 3.05) is 13.4 Å². The van der Waals surface area contributed by atoms with Crippen molar-refractivity contribution in [1.82, 2.24) is 10.0 Å². The van der Waals surface area contributed by atoms with Crippen LogP contribution in [0.3, 0.4) is 0 Å². The number of nitrogens with one attached hydrogen (secondary N) is 2. The van der Waals surface area contributed by atoms with Gasteiger partial charge in [-0.15, -0.1) is 0 Å². The SMILES string of the molecule is COC12CC(=C(C(C)(C)C)C=C1NC(=O)c1cc(C)cc(O)c1)C2NS(C)(=O)=O. The van der Waals surface area contributed by atoms with Gasteiger partial charge in [0.25, 0.3) is 5.91 Å². The normalized spacial score (nSPS) is 24.1. The minimum atomic E-state index is -3.50. The van der Waals surface area contributed by atoms with E-state index in [1.807, 2.05) is 26.8 Å². The number of carbonyl (C=O) groups excluding carboxylic acids is 1. The maximum atomic E-state index is 12.9. The number of hydrogen-bond acceptors (Lipinski definition) is 5. The van der Waals surface area contributed by atoms with Gasteiger partial charge in [0.2, 0.25) is 10.0 Å². The Balaban J connectivity index is 2.03. The Kier molecular flexibility index (Phi) is 5.18. The van der Waals surface area contributed by atoms with Gasteiger partial charge in [-0.25, -0.2) is 13.1 Å². The predicted octanol–water partition coefficient (Wildman–Crippen LogP) is 2.38. The number of phenols is 1. The summed E-state index contributed by atoms with van der Waals surface area (Å²) in [5.74, 6) is -0.388. The maximum Gasteiger partial charge on any atom is 0.255 e. The molecule has 1 aromatic rings. The number of fused-ring (bicyclic) bond motifs is 1. The van der Waals surface area contributed by atoms with Crippen LogP contribution in [-0.2, 0) is 14.8 Å². The highest BCUT2D eigenvalue weighted by Gasteiger charge is 2.59. The first-order chi connectivity index (χ1) is 13.3. The van der Waals surface area contributed by atoms with Crippen molar-refractivity contribution in [2.45, 2.75) is 45.8 Å². The topological polar surface area (TPSA) is 105 Å². The van der Waals surface area contributed by atoms with Crippen LogP contribution in [0.15, 0.2) is 41.1 Å². The Bertz CT molecular complexity index is 1010. The summed E-state index contributed by atoms with van der Waals surface area (Å²) in [6.07, 6.45) is 3.49. The molecule has 1 fully saturated rings. The third-order valence-electron chi connectivity index (χ3n) is 5.44. The summed E-state index contributed by atoms with van der Waals surface area (Å²) < 4.78 is 32.4. The second kappa shape index (κ2) is 6.97. The lowest BCUT2D eigenvalue weighted by Crippen LogP contribution is -2.67. The van der Waals surface area contributed by atoms with Crippen molar-refractivity contribution in [3.05, 3.63) is 52.2 Å². The van der Waals surface area contributed by atoms with Crippen LogP contribution < -0.4 is 10.0 Å². The molecular weight excluding hydrogens is 392 g/mol. The van der Waals surface area contributed by atoms with E-state index in [0.29, 0.717) is 17.7 Å². The molecule has 0 aromatic heterocycles. The van der Waals surface area contributed by atoms with Crippen LogP contribution in [0.1, 0.15) is 43.1 Å². The number of benzene rings is 1. The number of sulfonamides is 1. The second-order valence-corrected chi connectivity index (χ2v) is 10.6. The molecule has 2 unspecified atom stereocenters. The lowest BCUT2D eigenvalue weighted by molar-refractivity contribution is -0.0394. The van der Waals surface area contributed by atoms with E-state index in [0.717, 1.165) is 23.0 Å². The third kappa shape index (κ3) is 3.97. The number of aromatic hydroxyl groups is 1. The van der Waals surface area contributed by atoms with Crippen molar-refractivity contribution in [3.8, 4) is 5.75 Å². The highest BCUT2D eigenvalue weighted by molar-refractivity contribution is 7.88. The number of hydrogen-bond donors (Lipinski definition) is 3. The first-order valence-electron chi connectivity index (χ1n) is 9.37. The first-order valence-corrected chi connectivity index (χ1v) is 11.3. The predicted molar refractivity (Wildman–Crippen MR) is 111 cm³/mol. The summed E-state index contributed by atoms with van der Waals surface area (Å²) in [4.78, 5) is 12.9. The Labute approximate surface area is 171 Å². The van der Waals surface area contributed by atoms with Gasteiger partial charge in [-0.3, -0.25) is 4.79 Å². The van der Waals surface area contributed by atoms with Crippen LogP contribution in [0.4, 0.5) is 0 Å². The molecule has 3 aliphatic carbocycles. The Morgan fingerprint density at radius 1 is 1.28 bits per heavy atom. The average Bonchev–Trinajstić information content (AvgIpc) is 2.56. The molecule has 1 amide bonds. The van der Waals surface area contributed by atoms with Gasteiger partial charge in [0.05, 0.1) is 18.0 Å². The number of aryl methyl sites for hydroxylation is 1. The highest BCUT2D eigenvalue weighted by atomic mass is 32.2. The molecule has 0 aliphatic heterocycles. The lowest BCUT2D eigenvalue weighted by atomic mass is 9.59. The number of carbonyl (C=O) groups is 1. The molecule has 3 aliphatic rings. The molecular formula is C21H28N2O5S. The van der Waals surface area contributed by atoms with Crippen LogP contribution in [0, 0.1) is 12.3 Å². The van der Waals surface area contributed by atoms with E-state index in [2.05, 4.69) is 10.0 Å². The smallest absolute Gasteiger partial charge is 0.255 e. The zero-order valence-electron chi connectivity index (χ0n) is 17.6. The van der Waals surface area contributed by atoms with Crippen molar-refractivity contribution in [1.29, 1.82) is 0 Å². The Morgan fingerprint density at radius 2 is 1.93 bits per heavy atom. The number of amides is 1. The van der Waals surface area contributed by atoms with Crippen molar-refractivity contribution in [3.63, 3.8) is 0 Å². The molecule has 2 atom stereocenters. The largest absolute Gasteiger partial charge is 0.508 e. The fraction of sp³-hybridized carbons (Fsp3) is 0.476. The maximum absolute atomic E-state index is 12.9. The molecule has 0 radical (unpaired) electrons. The van der Waals surface area contributed by atoms with Gasteiger partial charge in [-0.05, 0) is 53.3 Å². The average molecular weight is 421 g/mol. The summed E-state index contributed by atoms with van der Waals surface area (Å²) in [6.45, 7) is 7.91. The first kappa shape index (κ1) is 21.5. The minimum absolute atomic E-state index is 0.00653. The van der Waals surface area contributed by atoms with E-state index in [1.165, 1.54) is 13.2 Å². The van der Waals surface area contributed by atoms with Crippen molar-refractivity contribution >= 4 is 15.9 Å². The standard InChI is InChI=1S/C21H28N2O5S/c1-12-7-13(9-14(24)8-12)19(25)22-17-10-16(20(2,3)4)15-11-21(17,28-5)18(15)23-29(6,26)27/h7-10,18,23-24H,11H2,1-6H3,(H,22,25). The van der Waals surface area contributed by atoms with E-state index in [9.17, 15) is 18.3 Å². The summed E-state index contributed by atoms with van der Waals surface area (Å²) in [7, 11) is -1.99. The van der Waals surface area contributed by atoms with E-state index in [1.54, 1.807) is 19.1 Å². The molecule has 7 nitrogen and oxygen atoms in total. The zero-order chi connectivity index (χ0) is 21.8. The molecule has 0 heterocycles. The molecule has 158 valence electrons. The Hall–Kier alpha value is -2.16. The molecule has 1 saturated carbocycles. The van der Waals surface area contributed by atoms with Crippen LogP contribution in [0.5, 0.6) is 5.75 Å². The fourth-order valence-corrected chi connectivity index (χ4v) is 4.87. The minimum Gasteiger partial charge on any atom is -0.508 e. The monoisotopic (exact) mass is 420 g/mol. The number of rotatable bonds is 5. The lowest BCUT2D eigenvalue weighted by Gasteiger charge is -2.56. The van der Waals surface area contributed by atoms with Crippen LogP contribution in [-0.4, -0.2) is 44.4 Å². The van der Waals surface area contributed by atoms with Gasteiger partial charge in [0.1, 0.15) is 11.4 Å². The van der Waals surface area contributed by atoms with E-state index >= 15 is 0 Å². The molecule has 3 N–H and O–H groups in total. The number of phenolic OH excluding ortho intramolecular Hbond substituents is 1. The summed E-state index contributed by atoms with van der Waals surface area (Å²) in [5.41, 5.74) is 2.29. The zero-order valence-corrected chi connectivity index (χ0v) is 18.4. The summed E-state index contributed by atoms with van der Waals surface area (Å²) >= 11 is 0. The van der Waals surface area contributed by atoms with Crippen LogP contribution >= 0.6 is 0 Å². The second-order valence-electron chi connectivity index (χ2n) is 8.85. The Morgan fingerprint density at radius 3 is 2.45 bits per heavy atom. The highest BCUT2D eigenvalue weighted by Crippen LogP contribution is 2.53. The van der Waals surface area contributed by atoms with Gasteiger partial charge in [-0.2, -0.15) is 0 Å². The molecule has 8 heteroatoms. The molecule has 1 aromatic carbocycles. The van der Waals surface area contributed by atoms with Crippen LogP contribution in [0.2, 0.25) is 0 Å². The van der Waals surface area contributed by atoms with Crippen LogP contribution in [0.25, 0.3) is 0 Å². The molecule has 2 bridgehead atoms. The summed E-state index contributed by atoms with van der Waals surface area (Å²) in [6, 6.07) is 4.06. The molecule has 0 saturated heterocycles. The summed E-state index contributed by atoms with van der Waals surface area (Å²) in [5, 5.41) is 12.7. The fourth-order valence-electron chi connectivity index (χ4n) is 4.11. The number of allylic oxidation sites excluding steroid dienone is 2. The van der Waals surface area contributed by atoms with Crippen molar-refractivity contribution < 1.29 is 23.1 Å². The third-order valence-corrected chi connectivity index (χ3v) is 6.10. The molecule has 0 spiro atoms. The van der Waals surface area contributed by atoms with Gasteiger partial charge in [-0.1, -0.05) is 20.8 Å². The van der Waals surface area contributed by atoms with Gasteiger partial charge >= 0.3 is 0 Å². The van der Waals surface area contributed by atoms with E-state index in [4.69, 9.17) is 4.74 Å². The molecule has 29 heavy (non-hydrogen) atoms. The molecule has 4 rings (SSSR count). The van der Waals surface area contributed by atoms with E-state index < -0.39 is 27.6 Å². The van der Waals surface area contributed by atoms with E-state index in [-0.39, 0.29) is 11.2 Å². The van der Waals surface area contributed by atoms with Gasteiger partial charge in [0.15, 0.2) is 0 Å². The van der Waals surface area contributed by atoms with Gasteiger partial charge in [0, 0.05) is 19.1 Å². The number of ether oxygens (including phenoxy) is 1. The quantitative estimate of drug-likeness (QED) is 0.678.